The minimum atomic E-state index is -0.364. The largest absolute Gasteiger partial charge is 0.462 e. The second kappa shape index (κ2) is 7.31. The molecule has 2 heterocycles. The van der Waals surface area contributed by atoms with Crippen LogP contribution in [0.5, 0.6) is 0 Å². The number of hydrogen-bond donors (Lipinski definition) is 2. The van der Waals surface area contributed by atoms with Gasteiger partial charge in [0, 0.05) is 16.5 Å². The lowest BCUT2D eigenvalue weighted by Gasteiger charge is -2.12. The van der Waals surface area contributed by atoms with Crippen molar-refractivity contribution in [2.75, 3.05) is 11.9 Å². The monoisotopic (exact) mass is 365 g/mol. The van der Waals surface area contributed by atoms with Gasteiger partial charge in [0.1, 0.15) is 11.5 Å². The number of carbonyl (C=O) groups is 2. The number of nitrogens with one attached hydrogen (secondary N) is 2. The Morgan fingerprint density at radius 3 is 2.88 bits per heavy atom. The summed E-state index contributed by atoms with van der Waals surface area (Å²) in [6, 6.07) is 0. The van der Waals surface area contributed by atoms with Gasteiger partial charge in [0.05, 0.1) is 12.2 Å². The van der Waals surface area contributed by atoms with Gasteiger partial charge < -0.3 is 14.6 Å². The first kappa shape index (κ1) is 16.9. The maximum atomic E-state index is 12.4. The summed E-state index contributed by atoms with van der Waals surface area (Å²) in [6.07, 6.45) is 5.66. The van der Waals surface area contributed by atoms with E-state index in [2.05, 4.69) is 5.32 Å². The molecule has 2 N–H and O–H groups in total. The first-order valence-corrected chi connectivity index (χ1v) is 9.59. The first-order chi connectivity index (χ1) is 11.6. The predicted molar refractivity (Wildman–Crippen MR) is 93.7 cm³/mol. The third-order valence-corrected chi connectivity index (χ3v) is 5.82. The van der Waals surface area contributed by atoms with E-state index in [1.54, 1.807) is 23.1 Å². The van der Waals surface area contributed by atoms with Crippen molar-refractivity contribution in [2.45, 2.75) is 39.2 Å². The highest BCUT2D eigenvalue weighted by atomic mass is 32.1. The number of amides is 1. The Bertz CT molecular complexity index is 819. The van der Waals surface area contributed by atoms with Gasteiger partial charge in [-0.15, -0.1) is 22.7 Å². The summed E-state index contributed by atoms with van der Waals surface area (Å²) in [5, 5.41) is 12.9. The maximum absolute atomic E-state index is 12.4. The number of fused-ring (bicyclic) bond motifs is 1. The van der Waals surface area contributed by atoms with Crippen LogP contribution < -0.4 is 10.1 Å². The van der Waals surface area contributed by atoms with Crippen molar-refractivity contribution >= 4 is 39.6 Å². The van der Waals surface area contributed by atoms with Gasteiger partial charge >= 0.3 is 5.97 Å². The Balaban J connectivity index is 1.85. The normalized spacial score (nSPS) is 13.4. The highest BCUT2D eigenvalue weighted by Crippen LogP contribution is 2.38. The van der Waals surface area contributed by atoms with Gasteiger partial charge in [-0.25, -0.2) is 4.79 Å². The summed E-state index contributed by atoms with van der Waals surface area (Å²) in [4.78, 5) is 26.2. The Labute approximate surface area is 147 Å². The van der Waals surface area contributed by atoms with Crippen molar-refractivity contribution in [3.05, 3.63) is 32.4 Å². The van der Waals surface area contributed by atoms with Gasteiger partial charge in [0.25, 0.3) is 0 Å². The number of thiazole rings is 1. The predicted octanol–water partition coefficient (Wildman–Crippen LogP) is 2.78. The Kier molecular flexibility index (Phi) is 5.15. The number of carbonyl (C=O) groups excluding carboxylic acids is 2. The SMILES string of the molecule is CCOC(=O)c1c(NC(=O)Cn2ccsc2=N)sc2c1CCCC2. The number of anilines is 1. The quantitative estimate of drug-likeness (QED) is 0.799. The lowest BCUT2D eigenvalue weighted by molar-refractivity contribution is -0.116. The van der Waals surface area contributed by atoms with E-state index in [1.165, 1.54) is 27.6 Å². The topological polar surface area (TPSA) is 84.2 Å². The molecule has 0 saturated heterocycles. The molecule has 24 heavy (non-hydrogen) atoms. The van der Waals surface area contributed by atoms with Crippen molar-refractivity contribution in [1.29, 1.82) is 5.41 Å². The molecule has 0 bridgehead atoms. The Morgan fingerprint density at radius 1 is 1.38 bits per heavy atom. The molecule has 0 aromatic carbocycles. The van der Waals surface area contributed by atoms with Crippen LogP contribution in [-0.2, 0) is 28.9 Å². The minimum Gasteiger partial charge on any atom is -0.462 e. The van der Waals surface area contributed by atoms with E-state index in [-0.39, 0.29) is 18.4 Å². The standard InChI is InChI=1S/C16H19N3O3S2/c1-2-22-15(21)13-10-5-3-4-6-11(10)24-14(13)18-12(20)9-19-7-8-23-16(19)17/h7-8,17H,2-6,9H2,1H3,(H,18,20). The van der Waals surface area contributed by atoms with Gasteiger partial charge in [0.2, 0.25) is 5.91 Å². The first-order valence-electron chi connectivity index (χ1n) is 7.90. The molecule has 0 saturated carbocycles. The lowest BCUT2D eigenvalue weighted by atomic mass is 9.95. The third-order valence-electron chi connectivity index (χ3n) is 3.90. The Hall–Kier alpha value is -1.93. The number of aryl methyl sites for hydroxylation is 1. The molecule has 0 unspecified atom stereocenters. The molecule has 0 atom stereocenters. The molecular weight excluding hydrogens is 346 g/mol. The highest BCUT2D eigenvalue weighted by Gasteiger charge is 2.27. The van der Waals surface area contributed by atoms with Gasteiger partial charge in [-0.1, -0.05) is 0 Å². The number of hydrogen-bond acceptors (Lipinski definition) is 6. The van der Waals surface area contributed by atoms with E-state index in [1.807, 2.05) is 0 Å². The van der Waals surface area contributed by atoms with E-state index in [4.69, 9.17) is 10.1 Å². The van der Waals surface area contributed by atoms with E-state index in [0.717, 1.165) is 31.2 Å². The molecule has 1 aliphatic carbocycles. The fourth-order valence-electron chi connectivity index (χ4n) is 2.82. The molecule has 0 aliphatic heterocycles. The van der Waals surface area contributed by atoms with Crippen LogP contribution in [0, 0.1) is 5.41 Å². The van der Waals surface area contributed by atoms with Crippen LogP contribution in [0.2, 0.25) is 0 Å². The van der Waals surface area contributed by atoms with Gasteiger partial charge in [-0.05, 0) is 38.2 Å². The number of aromatic nitrogens is 1. The summed E-state index contributed by atoms with van der Waals surface area (Å²) in [7, 11) is 0. The number of rotatable bonds is 5. The summed E-state index contributed by atoms with van der Waals surface area (Å²) in [5.41, 5.74) is 1.55. The average Bonchev–Trinajstić information content (AvgIpc) is 3.11. The van der Waals surface area contributed by atoms with E-state index < -0.39 is 0 Å². The summed E-state index contributed by atoms with van der Waals surface area (Å²) < 4.78 is 6.75. The molecule has 1 aliphatic rings. The second-order valence-electron chi connectivity index (χ2n) is 5.52. The van der Waals surface area contributed by atoms with Crippen LogP contribution in [0.25, 0.3) is 0 Å². The zero-order valence-electron chi connectivity index (χ0n) is 13.4. The zero-order valence-corrected chi connectivity index (χ0v) is 15.0. The van der Waals surface area contributed by atoms with Gasteiger partial charge in [-0.3, -0.25) is 10.2 Å². The second-order valence-corrected chi connectivity index (χ2v) is 7.52. The third kappa shape index (κ3) is 3.44. The van der Waals surface area contributed by atoms with E-state index in [9.17, 15) is 9.59 Å². The molecule has 128 valence electrons. The molecule has 2 aromatic rings. The van der Waals surface area contributed by atoms with Crippen LogP contribution in [-0.4, -0.2) is 23.1 Å². The lowest BCUT2D eigenvalue weighted by Crippen LogP contribution is -2.24. The molecular formula is C16H19N3O3S2. The van der Waals surface area contributed by atoms with Crippen LogP contribution in [0.4, 0.5) is 5.00 Å². The molecule has 8 heteroatoms. The van der Waals surface area contributed by atoms with Gasteiger partial charge in [-0.2, -0.15) is 0 Å². The van der Waals surface area contributed by atoms with E-state index in [0.29, 0.717) is 22.0 Å². The summed E-state index contributed by atoms with van der Waals surface area (Å²) >= 11 is 2.74. The highest BCUT2D eigenvalue weighted by molar-refractivity contribution is 7.17. The molecule has 0 fully saturated rings. The molecule has 6 nitrogen and oxygen atoms in total. The molecule has 0 spiro atoms. The fraction of sp³-hybridized carbons (Fsp3) is 0.438. The molecule has 0 radical (unpaired) electrons. The Morgan fingerprint density at radius 2 is 2.17 bits per heavy atom. The van der Waals surface area contributed by atoms with Crippen LogP contribution >= 0.6 is 22.7 Å². The van der Waals surface area contributed by atoms with Crippen molar-refractivity contribution in [2.24, 2.45) is 0 Å². The number of thiophene rings is 1. The van der Waals surface area contributed by atoms with Gasteiger partial charge in [0.15, 0.2) is 4.80 Å². The molecule has 1 amide bonds. The van der Waals surface area contributed by atoms with Crippen LogP contribution in [0.15, 0.2) is 11.6 Å². The summed E-state index contributed by atoms with van der Waals surface area (Å²) in [5.74, 6) is -0.604. The average molecular weight is 365 g/mol. The minimum absolute atomic E-state index is 0.0627. The number of esters is 1. The summed E-state index contributed by atoms with van der Waals surface area (Å²) in [6.45, 7) is 2.15. The fourth-order valence-corrected chi connectivity index (χ4v) is 4.71. The van der Waals surface area contributed by atoms with Crippen molar-refractivity contribution in [1.82, 2.24) is 4.57 Å². The van der Waals surface area contributed by atoms with Crippen molar-refractivity contribution in [3.8, 4) is 0 Å². The van der Waals surface area contributed by atoms with Crippen LogP contribution in [0.3, 0.4) is 0 Å². The molecule has 3 rings (SSSR count). The van der Waals surface area contributed by atoms with Crippen molar-refractivity contribution < 1.29 is 14.3 Å². The zero-order chi connectivity index (χ0) is 17.1. The van der Waals surface area contributed by atoms with Crippen molar-refractivity contribution in [3.63, 3.8) is 0 Å². The smallest absolute Gasteiger partial charge is 0.341 e. The maximum Gasteiger partial charge on any atom is 0.341 e. The molecule has 2 aromatic heterocycles. The number of nitrogens with zero attached hydrogens (tertiary/aromatic N) is 1. The number of ether oxygens (including phenoxy) is 1. The van der Waals surface area contributed by atoms with Crippen LogP contribution in [0.1, 0.15) is 40.6 Å². The van der Waals surface area contributed by atoms with E-state index >= 15 is 0 Å².